The Labute approximate surface area is 115 Å². The van der Waals surface area contributed by atoms with Crippen LogP contribution in [-0.2, 0) is 0 Å². The van der Waals surface area contributed by atoms with Crippen molar-refractivity contribution in [2.45, 2.75) is 9.79 Å². The van der Waals surface area contributed by atoms with Crippen molar-refractivity contribution >= 4 is 53.3 Å². The van der Waals surface area contributed by atoms with Crippen molar-refractivity contribution in [3.63, 3.8) is 0 Å². The van der Waals surface area contributed by atoms with Gasteiger partial charge in [0.2, 0.25) is 0 Å². The van der Waals surface area contributed by atoms with E-state index in [0.717, 1.165) is 22.7 Å². The van der Waals surface area contributed by atoms with Crippen LogP contribution in [0.2, 0.25) is 0 Å². The molecule has 2 aromatic rings. The van der Waals surface area contributed by atoms with Crippen molar-refractivity contribution in [2.75, 3.05) is 15.5 Å². The van der Waals surface area contributed by atoms with E-state index in [1.54, 1.807) is 11.8 Å². The SMILES string of the molecule is PNc1ccc2c(c1)Sc1cc(NP)ccc1N2. The number of hydrogen-bond acceptors (Lipinski definition) is 4. The van der Waals surface area contributed by atoms with Gasteiger partial charge in [-0.25, -0.2) is 0 Å². The Morgan fingerprint density at radius 2 is 1.33 bits per heavy atom. The van der Waals surface area contributed by atoms with Gasteiger partial charge in [0.25, 0.3) is 0 Å². The zero-order valence-corrected chi connectivity index (χ0v) is 12.7. The summed E-state index contributed by atoms with van der Waals surface area (Å²) in [6.45, 7) is 0. The van der Waals surface area contributed by atoms with Gasteiger partial charge in [0.05, 0.1) is 11.4 Å². The molecule has 2 aromatic carbocycles. The second-order valence-electron chi connectivity index (χ2n) is 3.94. The highest BCUT2D eigenvalue weighted by Gasteiger charge is 2.16. The van der Waals surface area contributed by atoms with E-state index in [2.05, 4.69) is 70.7 Å². The number of anilines is 4. The molecule has 3 rings (SSSR count). The first-order valence-corrected chi connectivity index (χ1v) is 7.43. The monoisotopic (exact) mass is 293 g/mol. The number of hydrogen-bond donors (Lipinski definition) is 3. The van der Waals surface area contributed by atoms with E-state index in [4.69, 9.17) is 0 Å². The number of nitrogens with one attached hydrogen (secondary N) is 3. The van der Waals surface area contributed by atoms with Gasteiger partial charge in [-0.1, -0.05) is 11.8 Å². The van der Waals surface area contributed by atoms with Crippen molar-refractivity contribution in [3.05, 3.63) is 36.4 Å². The van der Waals surface area contributed by atoms with Crippen LogP contribution < -0.4 is 15.5 Å². The number of rotatable bonds is 2. The smallest absolute Gasteiger partial charge is 0.0527 e. The van der Waals surface area contributed by atoms with Crippen LogP contribution in [-0.4, -0.2) is 0 Å². The third-order valence-electron chi connectivity index (χ3n) is 2.79. The molecule has 3 nitrogen and oxygen atoms in total. The third-order valence-corrected chi connectivity index (χ3v) is 4.57. The van der Waals surface area contributed by atoms with Gasteiger partial charge in [0, 0.05) is 21.2 Å². The predicted octanol–water partition coefficient (Wildman–Crippen LogP) is 4.30. The Balaban J connectivity index is 2.01. The maximum Gasteiger partial charge on any atom is 0.0527 e. The zero-order chi connectivity index (χ0) is 12.5. The fourth-order valence-electron chi connectivity index (χ4n) is 1.86. The molecule has 3 N–H and O–H groups in total. The molecule has 6 heteroatoms. The first-order chi connectivity index (χ1) is 8.80. The van der Waals surface area contributed by atoms with Gasteiger partial charge in [0.15, 0.2) is 0 Å². The van der Waals surface area contributed by atoms with Crippen LogP contribution in [0, 0.1) is 0 Å². The fourth-order valence-corrected chi connectivity index (χ4v) is 3.29. The highest BCUT2D eigenvalue weighted by Crippen LogP contribution is 2.46. The predicted molar refractivity (Wildman–Crippen MR) is 87.0 cm³/mol. The second kappa shape index (κ2) is 4.97. The molecule has 1 aliphatic heterocycles. The van der Waals surface area contributed by atoms with Crippen molar-refractivity contribution in [1.29, 1.82) is 0 Å². The molecule has 1 aliphatic rings. The summed E-state index contributed by atoms with van der Waals surface area (Å²) in [4.78, 5) is 2.46. The summed E-state index contributed by atoms with van der Waals surface area (Å²) < 4.78 is 0. The maximum absolute atomic E-state index is 3.45. The lowest BCUT2D eigenvalue weighted by molar-refractivity contribution is 1.32. The number of fused-ring (bicyclic) bond motifs is 2. The zero-order valence-electron chi connectivity index (χ0n) is 9.53. The van der Waals surface area contributed by atoms with Gasteiger partial charge in [-0.3, -0.25) is 0 Å². The van der Waals surface area contributed by atoms with Gasteiger partial charge < -0.3 is 15.5 Å². The van der Waals surface area contributed by atoms with Crippen molar-refractivity contribution < 1.29 is 0 Å². The molecular weight excluding hydrogens is 280 g/mol. The summed E-state index contributed by atoms with van der Waals surface area (Å²) in [6.07, 6.45) is 0. The molecule has 2 atom stereocenters. The van der Waals surface area contributed by atoms with Gasteiger partial charge in [-0.05, 0) is 55.2 Å². The van der Waals surface area contributed by atoms with E-state index in [1.165, 1.54) is 9.79 Å². The molecule has 0 amide bonds. The normalized spacial score (nSPS) is 12.1. The molecule has 0 aromatic heterocycles. The minimum atomic E-state index is 1.09. The van der Waals surface area contributed by atoms with E-state index < -0.39 is 0 Å². The van der Waals surface area contributed by atoms with Crippen molar-refractivity contribution in [2.24, 2.45) is 0 Å². The molecular formula is C12H13N3P2S. The van der Waals surface area contributed by atoms with E-state index in [0.29, 0.717) is 0 Å². The summed E-state index contributed by atoms with van der Waals surface area (Å²) in [5.41, 5.74) is 4.50. The summed E-state index contributed by atoms with van der Waals surface area (Å²) in [5, 5.41) is 9.62. The molecule has 0 fully saturated rings. The molecule has 92 valence electrons. The van der Waals surface area contributed by atoms with Crippen LogP contribution in [0.4, 0.5) is 22.7 Å². The molecule has 0 radical (unpaired) electrons. The lowest BCUT2D eigenvalue weighted by atomic mass is 10.2. The quantitative estimate of drug-likeness (QED) is 0.616. The first-order valence-electron chi connectivity index (χ1n) is 5.46. The first kappa shape index (κ1) is 12.1. The summed E-state index contributed by atoms with van der Waals surface area (Å²) >= 11 is 1.78. The van der Waals surface area contributed by atoms with Crippen molar-refractivity contribution in [1.82, 2.24) is 0 Å². The van der Waals surface area contributed by atoms with Gasteiger partial charge in [-0.15, -0.1) is 0 Å². The van der Waals surface area contributed by atoms with Crippen LogP contribution in [0.3, 0.4) is 0 Å². The van der Waals surface area contributed by atoms with Crippen LogP contribution in [0.1, 0.15) is 0 Å². The molecule has 0 spiro atoms. The van der Waals surface area contributed by atoms with Crippen LogP contribution >= 0.6 is 30.5 Å². The highest BCUT2D eigenvalue weighted by atomic mass is 32.2. The Hall–Kier alpha value is -0.950. The largest absolute Gasteiger partial charge is 0.369 e. The molecule has 0 bridgehead atoms. The van der Waals surface area contributed by atoms with E-state index in [1.807, 2.05) is 0 Å². The molecule has 0 aliphatic carbocycles. The Morgan fingerprint density at radius 1 is 0.833 bits per heavy atom. The lowest BCUT2D eigenvalue weighted by Gasteiger charge is -2.22. The topological polar surface area (TPSA) is 36.1 Å². The average Bonchev–Trinajstić information content (AvgIpc) is 2.43. The van der Waals surface area contributed by atoms with Gasteiger partial charge in [0.1, 0.15) is 0 Å². The standard InChI is InChI=1S/C12H13N3P2S/c16-14-7-1-3-9-11(5-7)18-12-6-8(15-17)2-4-10(12)13-9/h1-6,13-15H,16-17H2. The summed E-state index contributed by atoms with van der Waals surface area (Å²) in [5.74, 6) is 0. The lowest BCUT2D eigenvalue weighted by Crippen LogP contribution is -2.00. The second-order valence-corrected chi connectivity index (χ2v) is 5.60. The maximum atomic E-state index is 3.45. The Morgan fingerprint density at radius 3 is 1.78 bits per heavy atom. The van der Waals surface area contributed by atoms with Crippen LogP contribution in [0.5, 0.6) is 0 Å². The molecule has 0 saturated heterocycles. The van der Waals surface area contributed by atoms with Crippen molar-refractivity contribution in [3.8, 4) is 0 Å². The van der Waals surface area contributed by atoms with Crippen LogP contribution in [0.15, 0.2) is 46.2 Å². The molecule has 18 heavy (non-hydrogen) atoms. The fraction of sp³-hybridized carbons (Fsp3) is 0. The summed E-state index contributed by atoms with van der Waals surface area (Å²) in [6, 6.07) is 12.6. The highest BCUT2D eigenvalue weighted by molar-refractivity contribution is 7.99. The van der Waals surface area contributed by atoms with E-state index in [9.17, 15) is 0 Å². The molecule has 2 unspecified atom stereocenters. The Kier molecular flexibility index (Phi) is 3.34. The average molecular weight is 293 g/mol. The number of benzene rings is 2. The minimum absolute atomic E-state index is 1.09. The minimum Gasteiger partial charge on any atom is -0.369 e. The van der Waals surface area contributed by atoms with E-state index >= 15 is 0 Å². The van der Waals surface area contributed by atoms with E-state index in [-0.39, 0.29) is 0 Å². The summed E-state index contributed by atoms with van der Waals surface area (Å²) in [7, 11) is 5.04. The molecule has 0 saturated carbocycles. The molecule has 1 heterocycles. The Bertz CT molecular complexity index is 552. The van der Waals surface area contributed by atoms with Gasteiger partial charge >= 0.3 is 0 Å². The van der Waals surface area contributed by atoms with Crippen LogP contribution in [0.25, 0.3) is 0 Å². The van der Waals surface area contributed by atoms with Gasteiger partial charge in [-0.2, -0.15) is 0 Å². The third kappa shape index (κ3) is 2.16.